The molecule has 15 heavy (non-hydrogen) atoms. The predicted molar refractivity (Wildman–Crippen MR) is 62.2 cm³/mol. The van der Waals surface area contributed by atoms with Crippen molar-refractivity contribution in [3.63, 3.8) is 0 Å². The number of rotatable bonds is 5. The van der Waals surface area contributed by atoms with Gasteiger partial charge in [0.05, 0.1) is 0 Å². The summed E-state index contributed by atoms with van der Waals surface area (Å²) in [5.41, 5.74) is 0. The van der Waals surface area contributed by atoms with Crippen molar-refractivity contribution >= 4 is 11.6 Å². The van der Waals surface area contributed by atoms with Crippen molar-refractivity contribution < 1.29 is 0 Å². The van der Waals surface area contributed by atoms with Gasteiger partial charge in [0, 0.05) is 25.7 Å². The smallest absolute Gasteiger partial charge is 0.134 e. The fourth-order valence-corrected chi connectivity index (χ4v) is 1.54. The Hall–Kier alpha value is -1.32. The van der Waals surface area contributed by atoms with Crippen molar-refractivity contribution in [1.82, 2.24) is 9.97 Å². The molecule has 2 rings (SSSR count). The predicted octanol–water partition coefficient (Wildman–Crippen LogP) is 1.90. The van der Waals surface area contributed by atoms with Crippen molar-refractivity contribution in [3.8, 4) is 0 Å². The minimum absolute atomic E-state index is 0.693. The number of nitrogens with one attached hydrogen (secondary N) is 1. The second-order valence-corrected chi connectivity index (χ2v) is 4.03. The van der Waals surface area contributed by atoms with Crippen LogP contribution in [-0.4, -0.2) is 29.6 Å². The standard InChI is InChI=1S/C11H18N4/c1-3-6-12-10-7-11(14-8-13-10)15(2)9-4-5-9/h7-9H,3-6H2,1-2H3,(H,12,13,14). The Kier molecular flexibility index (Phi) is 3.04. The van der Waals surface area contributed by atoms with E-state index in [1.54, 1.807) is 6.33 Å². The lowest BCUT2D eigenvalue weighted by Gasteiger charge is -2.17. The molecule has 0 unspecified atom stereocenters. The molecule has 0 aromatic carbocycles. The molecule has 0 radical (unpaired) electrons. The van der Waals surface area contributed by atoms with Crippen molar-refractivity contribution in [2.75, 3.05) is 23.8 Å². The number of aromatic nitrogens is 2. The third kappa shape index (κ3) is 2.58. The average molecular weight is 206 g/mol. The van der Waals surface area contributed by atoms with E-state index in [-0.39, 0.29) is 0 Å². The summed E-state index contributed by atoms with van der Waals surface area (Å²) >= 11 is 0. The molecule has 0 saturated heterocycles. The first-order chi connectivity index (χ1) is 7.31. The van der Waals surface area contributed by atoms with Crippen molar-refractivity contribution in [3.05, 3.63) is 12.4 Å². The molecule has 0 bridgehead atoms. The molecule has 1 aliphatic rings. The highest BCUT2D eigenvalue weighted by Gasteiger charge is 2.27. The normalized spacial score (nSPS) is 15.1. The zero-order valence-electron chi connectivity index (χ0n) is 9.40. The lowest BCUT2D eigenvalue weighted by molar-refractivity contribution is 0.883. The van der Waals surface area contributed by atoms with E-state index in [2.05, 4.69) is 34.2 Å². The molecule has 0 aliphatic heterocycles. The summed E-state index contributed by atoms with van der Waals surface area (Å²) < 4.78 is 0. The van der Waals surface area contributed by atoms with Crippen LogP contribution in [0.5, 0.6) is 0 Å². The lowest BCUT2D eigenvalue weighted by Crippen LogP contribution is -2.20. The Bertz CT molecular complexity index is 322. The molecule has 0 amide bonds. The number of hydrogen-bond donors (Lipinski definition) is 1. The van der Waals surface area contributed by atoms with Crippen LogP contribution in [0.1, 0.15) is 26.2 Å². The first-order valence-electron chi connectivity index (χ1n) is 5.60. The van der Waals surface area contributed by atoms with E-state index < -0.39 is 0 Å². The third-order valence-electron chi connectivity index (χ3n) is 2.66. The van der Waals surface area contributed by atoms with Gasteiger partial charge in [-0.05, 0) is 19.3 Å². The maximum Gasteiger partial charge on any atom is 0.134 e. The monoisotopic (exact) mass is 206 g/mol. The van der Waals surface area contributed by atoms with E-state index in [1.165, 1.54) is 12.8 Å². The topological polar surface area (TPSA) is 41.0 Å². The lowest BCUT2D eigenvalue weighted by atomic mass is 10.4. The Balaban J connectivity index is 2.04. The van der Waals surface area contributed by atoms with Crippen LogP contribution < -0.4 is 10.2 Å². The largest absolute Gasteiger partial charge is 0.370 e. The van der Waals surface area contributed by atoms with Crippen molar-refractivity contribution in [2.24, 2.45) is 0 Å². The summed E-state index contributed by atoms with van der Waals surface area (Å²) in [7, 11) is 2.10. The van der Waals surface area contributed by atoms with Crippen LogP contribution in [-0.2, 0) is 0 Å². The van der Waals surface area contributed by atoms with Gasteiger partial charge in [-0.15, -0.1) is 0 Å². The SMILES string of the molecule is CCCNc1cc(N(C)C2CC2)ncn1. The summed E-state index contributed by atoms with van der Waals surface area (Å²) in [6.07, 6.45) is 5.32. The summed E-state index contributed by atoms with van der Waals surface area (Å²) in [6, 6.07) is 2.72. The third-order valence-corrected chi connectivity index (χ3v) is 2.66. The van der Waals surface area contributed by atoms with E-state index in [0.29, 0.717) is 6.04 Å². The highest BCUT2D eigenvalue weighted by molar-refractivity contribution is 5.49. The molecule has 4 heteroatoms. The van der Waals surface area contributed by atoms with E-state index in [1.807, 2.05) is 6.07 Å². The van der Waals surface area contributed by atoms with Gasteiger partial charge in [0.25, 0.3) is 0 Å². The van der Waals surface area contributed by atoms with E-state index in [0.717, 1.165) is 24.6 Å². The van der Waals surface area contributed by atoms with E-state index in [4.69, 9.17) is 0 Å². The quantitative estimate of drug-likeness (QED) is 0.799. The maximum absolute atomic E-state index is 4.28. The Morgan fingerprint density at radius 2 is 2.27 bits per heavy atom. The first kappa shape index (κ1) is 10.2. The van der Waals surface area contributed by atoms with Crippen LogP contribution in [0.2, 0.25) is 0 Å². The second kappa shape index (κ2) is 4.47. The molecule has 1 heterocycles. The number of hydrogen-bond acceptors (Lipinski definition) is 4. The molecule has 1 N–H and O–H groups in total. The molecule has 0 atom stereocenters. The second-order valence-electron chi connectivity index (χ2n) is 4.03. The molecule has 82 valence electrons. The minimum Gasteiger partial charge on any atom is -0.370 e. The fraction of sp³-hybridized carbons (Fsp3) is 0.636. The van der Waals surface area contributed by atoms with Gasteiger partial charge in [-0.2, -0.15) is 0 Å². The molecule has 1 aliphatic carbocycles. The molecule has 4 nitrogen and oxygen atoms in total. The van der Waals surface area contributed by atoms with E-state index >= 15 is 0 Å². The molecule has 0 spiro atoms. The molecular formula is C11H18N4. The van der Waals surface area contributed by atoms with Crippen LogP contribution in [0.25, 0.3) is 0 Å². The Morgan fingerprint density at radius 1 is 1.47 bits per heavy atom. The summed E-state index contributed by atoms with van der Waals surface area (Å²) in [6.45, 7) is 3.11. The van der Waals surface area contributed by atoms with Crippen LogP contribution >= 0.6 is 0 Å². The van der Waals surface area contributed by atoms with Crippen LogP contribution in [0, 0.1) is 0 Å². The Morgan fingerprint density at radius 3 is 2.93 bits per heavy atom. The highest BCUT2D eigenvalue weighted by atomic mass is 15.2. The van der Waals surface area contributed by atoms with Gasteiger partial charge in [-0.1, -0.05) is 6.92 Å². The van der Waals surface area contributed by atoms with Crippen molar-refractivity contribution in [1.29, 1.82) is 0 Å². The minimum atomic E-state index is 0.693. The fourth-order valence-electron chi connectivity index (χ4n) is 1.54. The summed E-state index contributed by atoms with van der Waals surface area (Å²) in [5, 5.41) is 3.27. The maximum atomic E-state index is 4.28. The highest BCUT2D eigenvalue weighted by Crippen LogP contribution is 2.29. The summed E-state index contributed by atoms with van der Waals surface area (Å²) in [4.78, 5) is 10.7. The molecular weight excluding hydrogens is 188 g/mol. The molecule has 1 fully saturated rings. The Labute approximate surface area is 90.7 Å². The van der Waals surface area contributed by atoms with E-state index in [9.17, 15) is 0 Å². The van der Waals surface area contributed by atoms with Crippen LogP contribution in [0.15, 0.2) is 12.4 Å². The first-order valence-corrected chi connectivity index (χ1v) is 5.60. The van der Waals surface area contributed by atoms with Gasteiger partial charge in [-0.3, -0.25) is 0 Å². The van der Waals surface area contributed by atoms with Crippen LogP contribution in [0.3, 0.4) is 0 Å². The van der Waals surface area contributed by atoms with Gasteiger partial charge in [0.1, 0.15) is 18.0 Å². The van der Waals surface area contributed by atoms with Gasteiger partial charge < -0.3 is 10.2 Å². The number of nitrogens with zero attached hydrogens (tertiary/aromatic N) is 3. The average Bonchev–Trinajstić information content (AvgIpc) is 3.09. The molecule has 1 saturated carbocycles. The van der Waals surface area contributed by atoms with Crippen molar-refractivity contribution in [2.45, 2.75) is 32.2 Å². The van der Waals surface area contributed by atoms with Gasteiger partial charge in [0.15, 0.2) is 0 Å². The van der Waals surface area contributed by atoms with Gasteiger partial charge in [0.2, 0.25) is 0 Å². The van der Waals surface area contributed by atoms with Gasteiger partial charge >= 0.3 is 0 Å². The zero-order chi connectivity index (χ0) is 10.7. The summed E-state index contributed by atoms with van der Waals surface area (Å²) in [5.74, 6) is 1.94. The zero-order valence-corrected chi connectivity index (χ0v) is 9.40. The van der Waals surface area contributed by atoms with Crippen LogP contribution in [0.4, 0.5) is 11.6 Å². The molecule has 1 aromatic heterocycles. The number of anilines is 2. The van der Waals surface area contributed by atoms with Gasteiger partial charge in [-0.25, -0.2) is 9.97 Å². The molecule has 1 aromatic rings.